The average molecular weight is 402 g/mol. The Kier molecular flexibility index (Phi) is 5.43. The number of rotatable bonds is 7. The molecule has 4 nitrogen and oxygen atoms in total. The number of hydrogen-bond acceptors (Lipinski definition) is 4. The molecule has 1 heterocycles. The molecule has 0 aliphatic carbocycles. The first-order valence-corrected chi connectivity index (χ1v) is 9.08. The van der Waals surface area contributed by atoms with Crippen LogP contribution in [0.3, 0.4) is 0 Å². The molecule has 0 unspecified atom stereocenters. The van der Waals surface area contributed by atoms with Crippen molar-refractivity contribution in [1.82, 2.24) is 0 Å². The third-order valence-corrected chi connectivity index (χ3v) is 4.80. The Labute approximate surface area is 155 Å². The Hall–Kier alpha value is -2.27. The molecule has 0 bridgehead atoms. The second kappa shape index (κ2) is 7.74. The lowest BCUT2D eigenvalue weighted by atomic mass is 10.1. The van der Waals surface area contributed by atoms with Crippen molar-refractivity contribution in [3.8, 4) is 5.75 Å². The number of furan rings is 1. The summed E-state index contributed by atoms with van der Waals surface area (Å²) in [7, 11) is 0. The predicted octanol–water partition coefficient (Wildman–Crippen LogP) is 5.43. The second-order valence-electron chi connectivity index (χ2n) is 5.72. The quantitative estimate of drug-likeness (QED) is 0.494. The van der Waals surface area contributed by atoms with Crippen molar-refractivity contribution in [3.05, 3.63) is 58.3 Å². The summed E-state index contributed by atoms with van der Waals surface area (Å²) in [5.41, 5.74) is 3.43. The van der Waals surface area contributed by atoms with Crippen LogP contribution in [0, 0.1) is 0 Å². The topological polar surface area (TPSA) is 42.7 Å². The molecule has 0 aliphatic heterocycles. The summed E-state index contributed by atoms with van der Waals surface area (Å²) in [6.07, 6.45) is 2.49. The van der Waals surface area contributed by atoms with Crippen molar-refractivity contribution < 1.29 is 13.9 Å². The van der Waals surface area contributed by atoms with Crippen LogP contribution < -0.4 is 9.64 Å². The smallest absolute Gasteiger partial charge is 0.153 e. The summed E-state index contributed by atoms with van der Waals surface area (Å²) in [5.74, 6) is 0.600. The van der Waals surface area contributed by atoms with Gasteiger partial charge in [-0.3, -0.25) is 4.79 Å². The van der Waals surface area contributed by atoms with Crippen molar-refractivity contribution in [1.29, 1.82) is 0 Å². The van der Waals surface area contributed by atoms with Crippen molar-refractivity contribution in [3.63, 3.8) is 0 Å². The molecule has 0 fully saturated rings. The minimum atomic E-state index is 0.377. The van der Waals surface area contributed by atoms with Gasteiger partial charge in [-0.25, -0.2) is 0 Å². The van der Waals surface area contributed by atoms with E-state index in [4.69, 9.17) is 9.15 Å². The van der Waals surface area contributed by atoms with Crippen molar-refractivity contribution in [2.75, 3.05) is 18.0 Å². The van der Waals surface area contributed by atoms with E-state index in [9.17, 15) is 4.79 Å². The monoisotopic (exact) mass is 401 g/mol. The largest absolute Gasteiger partial charge is 0.488 e. The van der Waals surface area contributed by atoms with Gasteiger partial charge in [-0.2, -0.15) is 0 Å². The SMILES string of the molecule is CCN(CC)c1ccc(C=O)c(OCc2cc(Br)c3occc3c2)c1. The van der Waals surface area contributed by atoms with Crippen molar-refractivity contribution in [2.45, 2.75) is 20.5 Å². The highest BCUT2D eigenvalue weighted by Crippen LogP contribution is 2.29. The van der Waals surface area contributed by atoms with E-state index in [1.807, 2.05) is 36.4 Å². The van der Waals surface area contributed by atoms with Gasteiger partial charge in [0.05, 0.1) is 16.3 Å². The van der Waals surface area contributed by atoms with E-state index in [0.29, 0.717) is 17.9 Å². The molecule has 0 amide bonds. The van der Waals surface area contributed by atoms with Gasteiger partial charge >= 0.3 is 0 Å². The lowest BCUT2D eigenvalue weighted by molar-refractivity contribution is 0.111. The molecule has 0 atom stereocenters. The molecule has 2 aromatic carbocycles. The van der Waals surface area contributed by atoms with E-state index in [-0.39, 0.29) is 0 Å². The minimum absolute atomic E-state index is 0.377. The number of anilines is 1. The Morgan fingerprint density at radius 1 is 1.16 bits per heavy atom. The summed E-state index contributed by atoms with van der Waals surface area (Å²) < 4.78 is 12.3. The van der Waals surface area contributed by atoms with Crippen LogP contribution in [0.5, 0.6) is 5.75 Å². The number of carbonyl (C=O) groups excluding carboxylic acids is 1. The van der Waals surface area contributed by atoms with E-state index in [2.05, 4.69) is 34.7 Å². The first kappa shape index (κ1) is 17.5. The van der Waals surface area contributed by atoms with Crippen LogP contribution in [0.1, 0.15) is 29.8 Å². The summed E-state index contributed by atoms with van der Waals surface area (Å²) in [6.45, 7) is 6.40. The van der Waals surface area contributed by atoms with Gasteiger partial charge in [-0.05, 0) is 65.7 Å². The van der Waals surface area contributed by atoms with Crippen LogP contribution in [-0.2, 0) is 6.61 Å². The van der Waals surface area contributed by atoms with Crippen LogP contribution in [-0.4, -0.2) is 19.4 Å². The molecule has 0 N–H and O–H groups in total. The number of carbonyl (C=O) groups is 1. The van der Waals surface area contributed by atoms with Crippen molar-refractivity contribution >= 4 is 38.9 Å². The Balaban J connectivity index is 1.85. The van der Waals surface area contributed by atoms with Crippen LogP contribution in [0.15, 0.2) is 51.6 Å². The lowest BCUT2D eigenvalue weighted by Gasteiger charge is -2.22. The second-order valence-corrected chi connectivity index (χ2v) is 6.57. The predicted molar refractivity (Wildman–Crippen MR) is 104 cm³/mol. The standard InChI is InChI=1S/C20H20BrNO3/c1-3-22(4-2)17-6-5-16(12-23)19(11-17)25-13-14-9-15-7-8-24-20(15)18(21)10-14/h5-12H,3-4,13H2,1-2H3. The molecule has 0 saturated carbocycles. The van der Waals surface area contributed by atoms with E-state index < -0.39 is 0 Å². The van der Waals surface area contributed by atoms with E-state index in [0.717, 1.165) is 46.1 Å². The fraction of sp³-hybridized carbons (Fsp3) is 0.250. The minimum Gasteiger partial charge on any atom is -0.488 e. The molecule has 3 aromatic rings. The molecule has 0 radical (unpaired) electrons. The van der Waals surface area contributed by atoms with Gasteiger partial charge in [0.1, 0.15) is 17.9 Å². The number of hydrogen-bond donors (Lipinski definition) is 0. The van der Waals surface area contributed by atoms with Crippen LogP contribution in [0.4, 0.5) is 5.69 Å². The Morgan fingerprint density at radius 3 is 2.68 bits per heavy atom. The molecule has 0 spiro atoms. The summed E-state index contributed by atoms with van der Waals surface area (Å²) >= 11 is 3.52. The number of halogens is 1. The van der Waals surface area contributed by atoms with Crippen LogP contribution in [0.25, 0.3) is 11.0 Å². The third-order valence-electron chi connectivity index (χ3n) is 4.21. The summed E-state index contributed by atoms with van der Waals surface area (Å²) in [4.78, 5) is 13.6. The van der Waals surface area contributed by atoms with E-state index in [1.54, 1.807) is 6.26 Å². The summed E-state index contributed by atoms with van der Waals surface area (Å²) in [6, 6.07) is 11.6. The molecule has 0 saturated heterocycles. The van der Waals surface area contributed by atoms with Gasteiger partial charge in [0.25, 0.3) is 0 Å². The number of aldehydes is 1. The first-order chi connectivity index (χ1) is 12.2. The molecule has 130 valence electrons. The average Bonchev–Trinajstić information content (AvgIpc) is 3.10. The maximum Gasteiger partial charge on any atom is 0.153 e. The van der Waals surface area contributed by atoms with Gasteiger partial charge in [0.2, 0.25) is 0 Å². The maximum atomic E-state index is 11.3. The van der Waals surface area contributed by atoms with E-state index in [1.165, 1.54) is 0 Å². The highest BCUT2D eigenvalue weighted by Gasteiger charge is 2.10. The normalized spacial score (nSPS) is 10.8. The summed E-state index contributed by atoms with van der Waals surface area (Å²) in [5, 5.41) is 1.01. The lowest BCUT2D eigenvalue weighted by Crippen LogP contribution is -2.21. The van der Waals surface area contributed by atoms with Gasteiger partial charge in [-0.1, -0.05) is 0 Å². The number of nitrogens with zero attached hydrogens (tertiary/aromatic N) is 1. The molecule has 1 aromatic heterocycles. The van der Waals surface area contributed by atoms with Crippen molar-refractivity contribution in [2.24, 2.45) is 0 Å². The zero-order valence-electron chi connectivity index (χ0n) is 14.3. The molecule has 0 aliphatic rings. The zero-order chi connectivity index (χ0) is 17.8. The van der Waals surface area contributed by atoms with Crippen LogP contribution in [0.2, 0.25) is 0 Å². The highest BCUT2D eigenvalue weighted by atomic mass is 79.9. The van der Waals surface area contributed by atoms with Gasteiger partial charge in [0, 0.05) is 30.2 Å². The fourth-order valence-electron chi connectivity index (χ4n) is 2.87. The van der Waals surface area contributed by atoms with Crippen LogP contribution >= 0.6 is 15.9 Å². The molecular formula is C20H20BrNO3. The van der Waals surface area contributed by atoms with Gasteiger partial charge in [-0.15, -0.1) is 0 Å². The van der Waals surface area contributed by atoms with Gasteiger partial charge < -0.3 is 14.1 Å². The number of ether oxygens (including phenoxy) is 1. The maximum absolute atomic E-state index is 11.3. The zero-order valence-corrected chi connectivity index (χ0v) is 15.9. The Morgan fingerprint density at radius 2 is 1.96 bits per heavy atom. The molecule has 25 heavy (non-hydrogen) atoms. The first-order valence-electron chi connectivity index (χ1n) is 8.28. The Bertz CT molecular complexity index is 884. The number of fused-ring (bicyclic) bond motifs is 1. The van der Waals surface area contributed by atoms with Gasteiger partial charge in [0.15, 0.2) is 6.29 Å². The fourth-order valence-corrected chi connectivity index (χ4v) is 3.49. The van der Waals surface area contributed by atoms with E-state index >= 15 is 0 Å². The third kappa shape index (κ3) is 3.71. The highest BCUT2D eigenvalue weighted by molar-refractivity contribution is 9.10. The molecule has 3 rings (SSSR count). The molecular weight excluding hydrogens is 382 g/mol. The number of benzene rings is 2. The molecule has 5 heteroatoms.